The summed E-state index contributed by atoms with van der Waals surface area (Å²) < 4.78 is 7.43. The van der Waals surface area contributed by atoms with Crippen LogP contribution < -0.4 is 10.2 Å². The molecule has 6 nitrogen and oxygen atoms in total. The Labute approximate surface area is 152 Å². The lowest BCUT2D eigenvalue weighted by Crippen LogP contribution is -2.23. The fraction of sp³-hybridized carbons (Fsp3) is 0.150. The molecular weight excluding hydrogens is 328 g/mol. The van der Waals surface area contributed by atoms with E-state index >= 15 is 0 Å². The maximum atomic E-state index is 11.9. The molecule has 2 aromatic carbocycles. The molecule has 6 heteroatoms. The van der Waals surface area contributed by atoms with Crippen LogP contribution in [0.5, 0.6) is 5.75 Å². The number of rotatable bonds is 7. The summed E-state index contributed by atoms with van der Waals surface area (Å²) in [5.74, 6) is 0.462. The van der Waals surface area contributed by atoms with Crippen LogP contribution in [0.2, 0.25) is 0 Å². The van der Waals surface area contributed by atoms with Gasteiger partial charge >= 0.3 is 0 Å². The molecule has 1 amide bonds. The first-order valence-corrected chi connectivity index (χ1v) is 8.28. The summed E-state index contributed by atoms with van der Waals surface area (Å²) in [6.07, 6.45) is 3.33. The Morgan fingerprint density at radius 2 is 1.92 bits per heavy atom. The van der Waals surface area contributed by atoms with E-state index in [-0.39, 0.29) is 12.5 Å². The lowest BCUT2D eigenvalue weighted by atomic mass is 10.2. The van der Waals surface area contributed by atoms with Crippen molar-refractivity contribution in [1.29, 1.82) is 0 Å². The standard InChI is InChI=1S/C20H20N4O2/c1-16-11-12-24(23-16)14-20(25)22-21-13-18-9-5-6-10-19(18)26-15-17-7-3-2-4-8-17/h2-13H,14-15H2,1H3,(H,22,25)/b21-13+. The van der Waals surface area contributed by atoms with E-state index in [1.54, 1.807) is 17.1 Å². The Morgan fingerprint density at radius 3 is 2.69 bits per heavy atom. The Kier molecular flexibility index (Phi) is 5.77. The molecule has 3 rings (SSSR count). The van der Waals surface area contributed by atoms with Crippen LogP contribution in [0.25, 0.3) is 0 Å². The van der Waals surface area contributed by atoms with E-state index in [0.717, 1.165) is 16.8 Å². The monoisotopic (exact) mass is 348 g/mol. The number of hydrazone groups is 1. The van der Waals surface area contributed by atoms with Crippen molar-refractivity contribution < 1.29 is 9.53 Å². The van der Waals surface area contributed by atoms with Crippen LogP contribution in [0.15, 0.2) is 72.0 Å². The van der Waals surface area contributed by atoms with E-state index in [1.165, 1.54) is 0 Å². The molecule has 1 N–H and O–H groups in total. The molecule has 0 radical (unpaired) electrons. The molecule has 0 atom stereocenters. The number of aromatic nitrogens is 2. The zero-order valence-corrected chi connectivity index (χ0v) is 14.5. The molecule has 0 bridgehead atoms. The van der Waals surface area contributed by atoms with Gasteiger partial charge in [0.1, 0.15) is 18.9 Å². The van der Waals surface area contributed by atoms with Crippen LogP contribution in [-0.4, -0.2) is 21.9 Å². The van der Waals surface area contributed by atoms with Crippen molar-refractivity contribution in [3.8, 4) is 5.75 Å². The maximum Gasteiger partial charge on any atom is 0.261 e. The normalized spacial score (nSPS) is 10.8. The minimum atomic E-state index is -0.243. The smallest absolute Gasteiger partial charge is 0.261 e. The number of nitrogens with one attached hydrogen (secondary N) is 1. The molecule has 1 heterocycles. The summed E-state index contributed by atoms with van der Waals surface area (Å²) in [5.41, 5.74) is 5.25. The van der Waals surface area contributed by atoms with Gasteiger partial charge in [-0.15, -0.1) is 0 Å². The molecule has 0 unspecified atom stereocenters. The molecule has 1 aromatic heterocycles. The molecule has 0 aliphatic heterocycles. The van der Waals surface area contributed by atoms with Crippen LogP contribution in [0.3, 0.4) is 0 Å². The van der Waals surface area contributed by atoms with Gasteiger partial charge in [0, 0.05) is 11.8 Å². The number of hydrogen-bond donors (Lipinski definition) is 1. The Morgan fingerprint density at radius 1 is 1.15 bits per heavy atom. The minimum Gasteiger partial charge on any atom is -0.488 e. The first kappa shape index (κ1) is 17.4. The number of aryl methyl sites for hydroxylation is 1. The van der Waals surface area contributed by atoms with Crippen LogP contribution in [-0.2, 0) is 17.9 Å². The largest absolute Gasteiger partial charge is 0.488 e. The topological polar surface area (TPSA) is 68.5 Å². The van der Waals surface area contributed by atoms with Gasteiger partial charge in [0.05, 0.1) is 11.9 Å². The number of ether oxygens (including phenoxy) is 1. The highest BCUT2D eigenvalue weighted by Crippen LogP contribution is 2.17. The van der Waals surface area contributed by atoms with Crippen molar-refractivity contribution in [2.45, 2.75) is 20.1 Å². The highest BCUT2D eigenvalue weighted by Gasteiger charge is 2.04. The predicted molar refractivity (Wildman–Crippen MR) is 99.9 cm³/mol. The highest BCUT2D eigenvalue weighted by atomic mass is 16.5. The molecule has 0 aliphatic rings. The van der Waals surface area contributed by atoms with Crippen molar-refractivity contribution >= 4 is 12.1 Å². The molecule has 0 saturated heterocycles. The maximum absolute atomic E-state index is 11.9. The number of carbonyl (C=O) groups excluding carboxylic acids is 1. The van der Waals surface area contributed by atoms with Crippen molar-refractivity contribution in [2.24, 2.45) is 5.10 Å². The number of benzene rings is 2. The van der Waals surface area contributed by atoms with Gasteiger partial charge in [0.15, 0.2) is 0 Å². The lowest BCUT2D eigenvalue weighted by Gasteiger charge is -2.09. The molecule has 0 aliphatic carbocycles. The van der Waals surface area contributed by atoms with Gasteiger partial charge in [0.25, 0.3) is 5.91 Å². The highest BCUT2D eigenvalue weighted by molar-refractivity contribution is 5.85. The number of hydrogen-bond acceptors (Lipinski definition) is 4. The van der Waals surface area contributed by atoms with Gasteiger partial charge in [0.2, 0.25) is 0 Å². The molecule has 0 spiro atoms. The fourth-order valence-electron chi connectivity index (χ4n) is 2.36. The van der Waals surface area contributed by atoms with E-state index in [0.29, 0.717) is 12.4 Å². The second-order valence-corrected chi connectivity index (χ2v) is 5.76. The van der Waals surface area contributed by atoms with E-state index in [4.69, 9.17) is 4.74 Å². The van der Waals surface area contributed by atoms with Gasteiger partial charge in [-0.3, -0.25) is 9.48 Å². The average Bonchev–Trinajstić information content (AvgIpc) is 3.06. The van der Waals surface area contributed by atoms with E-state index in [1.807, 2.05) is 67.6 Å². The van der Waals surface area contributed by atoms with Crippen molar-refractivity contribution in [3.63, 3.8) is 0 Å². The summed E-state index contributed by atoms with van der Waals surface area (Å²) in [5, 5.41) is 8.18. The minimum absolute atomic E-state index is 0.122. The molecular formula is C20H20N4O2. The first-order chi connectivity index (χ1) is 12.7. The third-order valence-corrected chi connectivity index (χ3v) is 3.63. The Bertz CT molecular complexity index is 888. The van der Waals surface area contributed by atoms with Gasteiger partial charge < -0.3 is 4.74 Å². The molecule has 132 valence electrons. The third-order valence-electron chi connectivity index (χ3n) is 3.63. The lowest BCUT2D eigenvalue weighted by molar-refractivity contribution is -0.121. The second-order valence-electron chi connectivity index (χ2n) is 5.76. The summed E-state index contributed by atoms with van der Waals surface area (Å²) in [6.45, 7) is 2.47. The summed E-state index contributed by atoms with van der Waals surface area (Å²) in [6, 6.07) is 19.3. The SMILES string of the molecule is Cc1ccn(CC(=O)N/N=C/c2ccccc2OCc2ccccc2)n1. The third kappa shape index (κ3) is 5.04. The number of para-hydroxylation sites is 1. The van der Waals surface area contributed by atoms with E-state index < -0.39 is 0 Å². The van der Waals surface area contributed by atoms with Crippen LogP contribution in [0.4, 0.5) is 0 Å². The van der Waals surface area contributed by atoms with Crippen molar-refractivity contribution in [3.05, 3.63) is 83.7 Å². The zero-order chi connectivity index (χ0) is 18.2. The number of amides is 1. The van der Waals surface area contributed by atoms with Gasteiger partial charge in [-0.05, 0) is 30.7 Å². The van der Waals surface area contributed by atoms with Crippen LogP contribution in [0, 0.1) is 6.92 Å². The zero-order valence-electron chi connectivity index (χ0n) is 14.5. The molecule has 0 saturated carbocycles. The van der Waals surface area contributed by atoms with Crippen LogP contribution in [0.1, 0.15) is 16.8 Å². The quantitative estimate of drug-likeness (QED) is 0.527. The number of carbonyl (C=O) groups is 1. The van der Waals surface area contributed by atoms with Gasteiger partial charge in [-0.2, -0.15) is 10.2 Å². The fourth-order valence-corrected chi connectivity index (χ4v) is 2.36. The predicted octanol–water partition coefficient (Wildman–Crippen LogP) is 2.92. The molecule has 3 aromatic rings. The van der Waals surface area contributed by atoms with Gasteiger partial charge in [-0.1, -0.05) is 42.5 Å². The first-order valence-electron chi connectivity index (χ1n) is 8.28. The van der Waals surface area contributed by atoms with E-state index in [2.05, 4.69) is 15.6 Å². The van der Waals surface area contributed by atoms with Crippen molar-refractivity contribution in [1.82, 2.24) is 15.2 Å². The van der Waals surface area contributed by atoms with Gasteiger partial charge in [-0.25, -0.2) is 5.43 Å². The number of nitrogens with zero attached hydrogens (tertiary/aromatic N) is 3. The summed E-state index contributed by atoms with van der Waals surface area (Å²) >= 11 is 0. The average molecular weight is 348 g/mol. The second kappa shape index (κ2) is 8.62. The summed E-state index contributed by atoms with van der Waals surface area (Å²) in [7, 11) is 0. The van der Waals surface area contributed by atoms with Crippen LogP contribution >= 0.6 is 0 Å². The van der Waals surface area contributed by atoms with E-state index in [9.17, 15) is 4.79 Å². The molecule has 0 fully saturated rings. The Hall–Kier alpha value is -3.41. The molecule has 26 heavy (non-hydrogen) atoms. The Balaban J connectivity index is 1.57. The van der Waals surface area contributed by atoms with Crippen molar-refractivity contribution in [2.75, 3.05) is 0 Å². The summed E-state index contributed by atoms with van der Waals surface area (Å²) in [4.78, 5) is 11.9.